The van der Waals surface area contributed by atoms with Gasteiger partial charge in [-0.2, -0.15) is 0 Å². The minimum absolute atomic E-state index is 0.188. The van der Waals surface area contributed by atoms with Gasteiger partial charge in [0.1, 0.15) is 5.01 Å². The van der Waals surface area contributed by atoms with E-state index in [4.69, 9.17) is 9.47 Å². The number of hydrogen-bond donors (Lipinski definition) is 1. The summed E-state index contributed by atoms with van der Waals surface area (Å²) in [7, 11) is 0. The molecule has 0 spiro atoms. The van der Waals surface area contributed by atoms with Crippen molar-refractivity contribution in [2.24, 2.45) is 0 Å². The summed E-state index contributed by atoms with van der Waals surface area (Å²) in [4.78, 5) is 21.1. The van der Waals surface area contributed by atoms with Crippen molar-refractivity contribution in [1.29, 1.82) is 0 Å². The van der Waals surface area contributed by atoms with Gasteiger partial charge in [0, 0.05) is 29.4 Å². The summed E-state index contributed by atoms with van der Waals surface area (Å²) in [6.45, 7) is 6.87. The molecule has 1 N–H and O–H groups in total. The summed E-state index contributed by atoms with van der Waals surface area (Å²) in [6.07, 6.45) is 6.77. The Bertz CT molecular complexity index is 1000. The van der Waals surface area contributed by atoms with Crippen molar-refractivity contribution >= 4 is 23.3 Å². The SMILES string of the molecule is CCOc1ccc(C=CC(=O)NC(C)c2nc(-c3cccnc3)cs2)cc1OCC. The Labute approximate surface area is 180 Å². The van der Waals surface area contributed by atoms with Crippen molar-refractivity contribution in [2.45, 2.75) is 26.8 Å². The monoisotopic (exact) mass is 423 g/mol. The molecule has 1 aromatic carbocycles. The second-order valence-corrected chi connectivity index (χ2v) is 7.34. The van der Waals surface area contributed by atoms with Gasteiger partial charge < -0.3 is 14.8 Å². The van der Waals surface area contributed by atoms with Crippen LogP contribution in [-0.4, -0.2) is 29.1 Å². The molecule has 3 aromatic rings. The van der Waals surface area contributed by atoms with Gasteiger partial charge in [-0.3, -0.25) is 9.78 Å². The van der Waals surface area contributed by atoms with E-state index < -0.39 is 0 Å². The summed E-state index contributed by atoms with van der Waals surface area (Å²) >= 11 is 1.51. The minimum Gasteiger partial charge on any atom is -0.490 e. The van der Waals surface area contributed by atoms with Gasteiger partial charge in [0.05, 0.1) is 24.9 Å². The molecule has 0 aliphatic heterocycles. The lowest BCUT2D eigenvalue weighted by molar-refractivity contribution is -0.117. The second kappa shape index (κ2) is 10.5. The maximum absolute atomic E-state index is 12.4. The highest BCUT2D eigenvalue weighted by molar-refractivity contribution is 7.10. The van der Waals surface area contributed by atoms with E-state index in [1.165, 1.54) is 17.4 Å². The highest BCUT2D eigenvalue weighted by atomic mass is 32.1. The standard InChI is InChI=1S/C23H25N3O3S/c1-4-28-20-10-8-17(13-21(20)29-5-2)9-11-22(27)25-16(3)23-26-19(15-30-23)18-7-6-12-24-14-18/h6-16H,4-5H2,1-3H3,(H,25,27). The van der Waals surface area contributed by atoms with Crippen LogP contribution >= 0.6 is 11.3 Å². The lowest BCUT2D eigenvalue weighted by Crippen LogP contribution is -2.24. The highest BCUT2D eigenvalue weighted by Gasteiger charge is 2.13. The number of thiazole rings is 1. The lowest BCUT2D eigenvalue weighted by atomic mass is 10.2. The molecule has 0 saturated heterocycles. The number of amides is 1. The molecule has 3 rings (SSSR count). The van der Waals surface area contributed by atoms with Crippen LogP contribution in [0.15, 0.2) is 54.2 Å². The molecule has 30 heavy (non-hydrogen) atoms. The fourth-order valence-corrected chi connectivity index (χ4v) is 3.64. The normalized spacial score (nSPS) is 12.0. The van der Waals surface area contributed by atoms with Crippen molar-refractivity contribution in [1.82, 2.24) is 15.3 Å². The highest BCUT2D eigenvalue weighted by Crippen LogP contribution is 2.29. The van der Waals surface area contributed by atoms with Gasteiger partial charge in [0.15, 0.2) is 11.5 Å². The molecule has 156 valence electrons. The van der Waals surface area contributed by atoms with Crippen LogP contribution in [0.5, 0.6) is 11.5 Å². The molecule has 1 atom stereocenters. The third-order valence-electron chi connectivity index (χ3n) is 4.20. The van der Waals surface area contributed by atoms with Gasteiger partial charge in [0.25, 0.3) is 0 Å². The molecule has 7 heteroatoms. The van der Waals surface area contributed by atoms with Crippen molar-refractivity contribution < 1.29 is 14.3 Å². The molecular weight excluding hydrogens is 398 g/mol. The average Bonchev–Trinajstić information content (AvgIpc) is 3.25. The third kappa shape index (κ3) is 5.67. The Morgan fingerprint density at radius 2 is 2.00 bits per heavy atom. The summed E-state index contributed by atoms with van der Waals surface area (Å²) in [5.41, 5.74) is 2.68. The Kier molecular flexibility index (Phi) is 7.57. The van der Waals surface area contributed by atoms with Crippen molar-refractivity contribution in [3.05, 3.63) is 64.8 Å². The van der Waals surface area contributed by atoms with Gasteiger partial charge in [-0.25, -0.2) is 4.98 Å². The van der Waals surface area contributed by atoms with E-state index >= 15 is 0 Å². The van der Waals surface area contributed by atoms with Crippen LogP contribution < -0.4 is 14.8 Å². The van der Waals surface area contributed by atoms with Gasteiger partial charge >= 0.3 is 0 Å². The molecule has 1 unspecified atom stereocenters. The Hall–Kier alpha value is -3.19. The fourth-order valence-electron chi connectivity index (χ4n) is 2.80. The molecule has 0 saturated carbocycles. The van der Waals surface area contributed by atoms with E-state index in [9.17, 15) is 4.79 Å². The molecule has 6 nitrogen and oxygen atoms in total. The van der Waals surface area contributed by atoms with Crippen LogP contribution in [0.4, 0.5) is 0 Å². The zero-order valence-electron chi connectivity index (χ0n) is 17.3. The number of nitrogens with zero attached hydrogens (tertiary/aromatic N) is 2. The number of ether oxygens (including phenoxy) is 2. The predicted molar refractivity (Wildman–Crippen MR) is 120 cm³/mol. The Morgan fingerprint density at radius 1 is 1.20 bits per heavy atom. The number of carbonyl (C=O) groups is 1. The Balaban J connectivity index is 1.63. The minimum atomic E-state index is -0.197. The third-order valence-corrected chi connectivity index (χ3v) is 5.23. The van der Waals surface area contributed by atoms with Crippen LogP contribution in [0, 0.1) is 0 Å². The van der Waals surface area contributed by atoms with E-state index in [-0.39, 0.29) is 11.9 Å². The van der Waals surface area contributed by atoms with Crippen LogP contribution in [0.1, 0.15) is 37.4 Å². The van der Waals surface area contributed by atoms with Crippen molar-refractivity contribution in [3.8, 4) is 22.8 Å². The van der Waals surface area contributed by atoms with E-state index in [0.717, 1.165) is 21.8 Å². The second-order valence-electron chi connectivity index (χ2n) is 6.45. The maximum atomic E-state index is 12.4. The first kappa shape index (κ1) is 21.5. The van der Waals surface area contributed by atoms with Gasteiger partial charge in [-0.1, -0.05) is 6.07 Å². The van der Waals surface area contributed by atoms with Crippen LogP contribution in [0.25, 0.3) is 17.3 Å². The fraction of sp³-hybridized carbons (Fsp3) is 0.261. The number of benzene rings is 1. The largest absolute Gasteiger partial charge is 0.490 e. The van der Waals surface area contributed by atoms with Gasteiger partial charge in [-0.05, 0) is 56.7 Å². The van der Waals surface area contributed by atoms with E-state index in [2.05, 4.69) is 15.3 Å². The van der Waals surface area contributed by atoms with E-state index in [1.54, 1.807) is 18.5 Å². The molecule has 0 fully saturated rings. The van der Waals surface area contributed by atoms with Gasteiger partial charge in [-0.15, -0.1) is 11.3 Å². The number of hydrogen-bond acceptors (Lipinski definition) is 6. The molecule has 1 amide bonds. The van der Waals surface area contributed by atoms with E-state index in [1.807, 2.05) is 56.5 Å². The first-order valence-corrected chi connectivity index (χ1v) is 10.7. The average molecular weight is 424 g/mol. The molecular formula is C23H25N3O3S. The zero-order chi connectivity index (χ0) is 21.3. The number of pyridine rings is 1. The van der Waals surface area contributed by atoms with Crippen LogP contribution in [-0.2, 0) is 4.79 Å². The molecule has 0 radical (unpaired) electrons. The summed E-state index contributed by atoms with van der Waals surface area (Å²) in [6, 6.07) is 9.25. The first-order valence-electron chi connectivity index (χ1n) is 9.84. The maximum Gasteiger partial charge on any atom is 0.244 e. The van der Waals surface area contributed by atoms with Crippen molar-refractivity contribution in [3.63, 3.8) is 0 Å². The van der Waals surface area contributed by atoms with E-state index in [0.29, 0.717) is 24.7 Å². The molecule has 0 bridgehead atoms. The first-order chi connectivity index (χ1) is 14.6. The molecule has 0 aliphatic rings. The van der Waals surface area contributed by atoms with Crippen molar-refractivity contribution in [2.75, 3.05) is 13.2 Å². The van der Waals surface area contributed by atoms with Crippen LogP contribution in [0.3, 0.4) is 0 Å². The molecule has 0 aliphatic carbocycles. The quantitative estimate of drug-likeness (QED) is 0.496. The molecule has 2 heterocycles. The predicted octanol–water partition coefficient (Wildman–Crippen LogP) is 4.89. The number of nitrogens with one attached hydrogen (secondary N) is 1. The Morgan fingerprint density at radius 3 is 2.73 bits per heavy atom. The summed E-state index contributed by atoms with van der Waals surface area (Å²) in [5.74, 6) is 1.18. The summed E-state index contributed by atoms with van der Waals surface area (Å²) < 4.78 is 11.2. The molecule has 2 aromatic heterocycles. The number of aromatic nitrogens is 2. The zero-order valence-corrected chi connectivity index (χ0v) is 18.1. The topological polar surface area (TPSA) is 73.3 Å². The number of rotatable bonds is 9. The summed E-state index contributed by atoms with van der Waals surface area (Å²) in [5, 5.41) is 5.77. The number of carbonyl (C=O) groups excluding carboxylic acids is 1. The lowest BCUT2D eigenvalue weighted by Gasteiger charge is -2.11. The smallest absolute Gasteiger partial charge is 0.244 e. The van der Waals surface area contributed by atoms with Crippen LogP contribution in [0.2, 0.25) is 0 Å². The van der Waals surface area contributed by atoms with Gasteiger partial charge in [0.2, 0.25) is 5.91 Å².